The number of para-hydroxylation sites is 1. The van der Waals surface area contributed by atoms with E-state index in [0.717, 1.165) is 77.6 Å². The average Bonchev–Trinajstić information content (AvgIpc) is 3.96. The van der Waals surface area contributed by atoms with Crippen LogP contribution in [-0.2, 0) is 0 Å². The zero-order valence-corrected chi connectivity index (χ0v) is 36.8. The number of nitrogens with zero attached hydrogens (tertiary/aromatic N) is 4. The van der Waals surface area contributed by atoms with Crippen molar-refractivity contribution < 1.29 is 4.42 Å². The summed E-state index contributed by atoms with van der Waals surface area (Å²) in [6.45, 7) is 0. The lowest BCUT2D eigenvalue weighted by molar-refractivity contribution is 0.669. The molecule has 318 valence electrons. The minimum Gasteiger partial charge on any atom is -0.456 e. The van der Waals surface area contributed by atoms with Crippen molar-refractivity contribution in [3.05, 3.63) is 243 Å². The Kier molecular flexibility index (Phi) is 9.43. The van der Waals surface area contributed by atoms with Crippen molar-refractivity contribution in [2.45, 2.75) is 0 Å². The summed E-state index contributed by atoms with van der Waals surface area (Å²) >= 11 is 0. The third kappa shape index (κ3) is 6.84. The molecule has 13 rings (SSSR count). The second-order valence-corrected chi connectivity index (χ2v) is 17.2. The lowest BCUT2D eigenvalue weighted by Crippen LogP contribution is -2.04. The van der Waals surface area contributed by atoms with Gasteiger partial charge in [0.2, 0.25) is 0 Å². The first-order valence-electron chi connectivity index (χ1n) is 22.9. The average molecular weight is 869 g/mol. The predicted octanol–water partition coefficient (Wildman–Crippen LogP) is 16.5. The molecule has 0 radical (unpaired) electrons. The highest BCUT2D eigenvalue weighted by molar-refractivity contribution is 6.13. The lowest BCUT2D eigenvalue weighted by atomic mass is 9.92. The summed E-state index contributed by atoms with van der Waals surface area (Å²) in [4.78, 5) is 15.8. The summed E-state index contributed by atoms with van der Waals surface area (Å²) in [6.07, 6.45) is 0. The molecular weight excluding hydrogens is 829 g/mol. The van der Waals surface area contributed by atoms with E-state index < -0.39 is 0 Å². The fourth-order valence-electron chi connectivity index (χ4n) is 9.78. The molecule has 0 aliphatic carbocycles. The van der Waals surface area contributed by atoms with Gasteiger partial charge in [-0.25, -0.2) is 15.0 Å². The smallest absolute Gasteiger partial charge is 0.164 e. The van der Waals surface area contributed by atoms with Crippen molar-refractivity contribution in [3.63, 3.8) is 0 Å². The normalized spacial score (nSPS) is 11.5. The second kappa shape index (κ2) is 16.4. The molecule has 68 heavy (non-hydrogen) atoms. The van der Waals surface area contributed by atoms with E-state index in [1.165, 1.54) is 33.0 Å². The molecule has 10 aromatic carbocycles. The van der Waals surface area contributed by atoms with Gasteiger partial charge in [-0.15, -0.1) is 0 Å². The van der Waals surface area contributed by atoms with E-state index in [2.05, 4.69) is 199 Å². The molecule has 0 fully saturated rings. The number of benzene rings is 10. The molecular formula is C63H40N4O. The molecule has 3 heterocycles. The molecule has 3 aromatic heterocycles. The molecule has 0 aliphatic heterocycles. The van der Waals surface area contributed by atoms with Crippen LogP contribution < -0.4 is 0 Å². The van der Waals surface area contributed by atoms with Crippen LogP contribution in [0, 0.1) is 0 Å². The number of aromatic nitrogens is 4. The van der Waals surface area contributed by atoms with E-state index >= 15 is 0 Å². The Morgan fingerprint density at radius 1 is 0.265 bits per heavy atom. The Balaban J connectivity index is 1.10. The molecule has 13 aromatic rings. The first-order chi connectivity index (χ1) is 33.7. The van der Waals surface area contributed by atoms with Gasteiger partial charge in [-0.2, -0.15) is 0 Å². The van der Waals surface area contributed by atoms with Crippen LogP contribution in [0.4, 0.5) is 0 Å². The number of fused-ring (bicyclic) bond motifs is 6. The van der Waals surface area contributed by atoms with Crippen molar-refractivity contribution in [3.8, 4) is 84.4 Å². The number of hydrogen-bond acceptors (Lipinski definition) is 4. The number of hydrogen-bond donors (Lipinski definition) is 0. The van der Waals surface area contributed by atoms with E-state index in [0.29, 0.717) is 17.5 Å². The largest absolute Gasteiger partial charge is 0.456 e. The minimum absolute atomic E-state index is 0.578. The van der Waals surface area contributed by atoms with Gasteiger partial charge in [0, 0.05) is 49.4 Å². The highest BCUT2D eigenvalue weighted by Gasteiger charge is 2.24. The van der Waals surface area contributed by atoms with E-state index in [4.69, 9.17) is 19.4 Å². The zero-order valence-electron chi connectivity index (χ0n) is 36.8. The van der Waals surface area contributed by atoms with Crippen molar-refractivity contribution in [1.29, 1.82) is 0 Å². The highest BCUT2D eigenvalue weighted by atomic mass is 16.3. The Labute approximate surface area is 392 Å². The third-order valence-electron chi connectivity index (χ3n) is 13.0. The van der Waals surface area contributed by atoms with Crippen LogP contribution in [0.2, 0.25) is 0 Å². The number of rotatable bonds is 8. The summed E-state index contributed by atoms with van der Waals surface area (Å²) in [6, 6.07) is 85.6. The van der Waals surface area contributed by atoms with Gasteiger partial charge in [0.15, 0.2) is 17.5 Å². The third-order valence-corrected chi connectivity index (χ3v) is 13.0. The summed E-state index contributed by atoms with van der Waals surface area (Å²) < 4.78 is 8.71. The van der Waals surface area contributed by atoms with Gasteiger partial charge in [-0.3, -0.25) is 0 Å². The van der Waals surface area contributed by atoms with Crippen LogP contribution in [0.15, 0.2) is 247 Å². The molecule has 0 spiro atoms. The van der Waals surface area contributed by atoms with Crippen LogP contribution in [0.1, 0.15) is 0 Å². The van der Waals surface area contributed by atoms with Crippen LogP contribution in [0.25, 0.3) is 128 Å². The molecule has 0 saturated carbocycles. The lowest BCUT2D eigenvalue weighted by Gasteiger charge is -2.21. The van der Waals surface area contributed by atoms with Crippen LogP contribution in [0.3, 0.4) is 0 Å². The van der Waals surface area contributed by atoms with Crippen LogP contribution in [-0.4, -0.2) is 19.5 Å². The Hall–Kier alpha value is -9.19. The molecule has 0 saturated heterocycles. The summed E-state index contributed by atoms with van der Waals surface area (Å²) in [5, 5.41) is 4.42. The predicted molar refractivity (Wildman–Crippen MR) is 279 cm³/mol. The monoisotopic (exact) mass is 868 g/mol. The molecule has 0 atom stereocenters. The highest BCUT2D eigenvalue weighted by Crippen LogP contribution is 2.45. The van der Waals surface area contributed by atoms with Gasteiger partial charge in [-0.05, 0) is 94.0 Å². The Bertz CT molecular complexity index is 3840. The molecule has 0 N–H and O–H groups in total. The number of furan rings is 1. The topological polar surface area (TPSA) is 56.7 Å². The maximum Gasteiger partial charge on any atom is 0.164 e. The van der Waals surface area contributed by atoms with Gasteiger partial charge in [0.25, 0.3) is 0 Å². The molecule has 0 bridgehead atoms. The molecule has 0 unspecified atom stereocenters. The fraction of sp³-hybridized carbons (Fsp3) is 0. The minimum atomic E-state index is 0.578. The molecule has 0 aliphatic rings. The first kappa shape index (κ1) is 39.2. The van der Waals surface area contributed by atoms with Gasteiger partial charge < -0.3 is 8.98 Å². The summed E-state index contributed by atoms with van der Waals surface area (Å²) in [5.41, 5.74) is 16.6. The quantitative estimate of drug-likeness (QED) is 0.153. The summed E-state index contributed by atoms with van der Waals surface area (Å²) in [5.74, 6) is 1.76. The van der Waals surface area contributed by atoms with Crippen molar-refractivity contribution in [1.82, 2.24) is 19.5 Å². The molecule has 5 heteroatoms. The SMILES string of the molecule is c1ccc(-c2ccc3c(c2)c2cc(-c4ccccc4)ccc2n3-c2c(-c3ccccc3)cc(-c3nc(-c4ccccc4)nc(-c4ccc5oc6ccccc6c5c4)n3)cc2-c2ccccc2)cc1. The van der Waals surface area contributed by atoms with Crippen molar-refractivity contribution in [2.24, 2.45) is 0 Å². The maximum atomic E-state index is 6.23. The summed E-state index contributed by atoms with van der Waals surface area (Å²) in [7, 11) is 0. The van der Waals surface area contributed by atoms with E-state index in [1.54, 1.807) is 0 Å². The van der Waals surface area contributed by atoms with Crippen LogP contribution >= 0.6 is 0 Å². The Morgan fingerprint density at radius 2 is 0.662 bits per heavy atom. The van der Waals surface area contributed by atoms with Gasteiger partial charge in [0.1, 0.15) is 11.2 Å². The van der Waals surface area contributed by atoms with Crippen molar-refractivity contribution in [2.75, 3.05) is 0 Å². The van der Waals surface area contributed by atoms with E-state index in [1.807, 2.05) is 48.5 Å². The van der Waals surface area contributed by atoms with Crippen LogP contribution in [0.5, 0.6) is 0 Å². The Morgan fingerprint density at radius 3 is 1.19 bits per heavy atom. The standard InChI is InChI=1S/C63H40N4O/c1-6-18-41(19-7-1)46-30-33-56-53(36-46)54-37-47(42-20-8-2-9-21-42)31-34-57(54)67(56)60-51(43-22-10-3-11-23-43)39-49(40-52(60)44-24-12-4-13-25-44)63-65-61(45-26-14-5-15-27-45)64-62(66-63)48-32-35-59-55(38-48)50-28-16-17-29-58(50)68-59/h1-40H. The molecule has 5 nitrogen and oxygen atoms in total. The van der Waals surface area contributed by atoms with Gasteiger partial charge >= 0.3 is 0 Å². The fourth-order valence-corrected chi connectivity index (χ4v) is 9.78. The molecule has 0 amide bonds. The van der Waals surface area contributed by atoms with Gasteiger partial charge in [-0.1, -0.05) is 182 Å². The zero-order chi connectivity index (χ0) is 45.0. The van der Waals surface area contributed by atoms with Gasteiger partial charge in [0.05, 0.1) is 16.7 Å². The second-order valence-electron chi connectivity index (χ2n) is 17.2. The van der Waals surface area contributed by atoms with Crippen molar-refractivity contribution >= 4 is 43.7 Å². The van der Waals surface area contributed by atoms with E-state index in [-0.39, 0.29) is 0 Å². The van der Waals surface area contributed by atoms with E-state index in [9.17, 15) is 0 Å². The maximum absolute atomic E-state index is 6.23. The first-order valence-corrected chi connectivity index (χ1v) is 22.9.